The summed E-state index contributed by atoms with van der Waals surface area (Å²) in [5, 5.41) is -0.367. The third-order valence-electron chi connectivity index (χ3n) is 3.58. The van der Waals surface area contributed by atoms with Crippen LogP contribution in [0, 0.1) is 12.3 Å². The Hall–Kier alpha value is -1.09. The van der Waals surface area contributed by atoms with Gasteiger partial charge in [0, 0.05) is 0 Å². The van der Waals surface area contributed by atoms with E-state index < -0.39 is 9.84 Å². The number of benzene rings is 1. The number of hydrogen-bond acceptors (Lipinski definition) is 2. The lowest BCUT2D eigenvalue weighted by atomic mass is 9.83. The smallest absolute Gasteiger partial charge is 0.184 e. The molecule has 2 rings (SSSR count). The zero-order valence-electron chi connectivity index (χ0n) is 11.2. The van der Waals surface area contributed by atoms with E-state index in [1.165, 1.54) is 0 Å². The van der Waals surface area contributed by atoms with Crippen molar-refractivity contribution in [3.63, 3.8) is 0 Å². The van der Waals surface area contributed by atoms with E-state index in [1.54, 1.807) is 12.1 Å². The molecule has 0 radical (unpaired) electrons. The molecule has 0 N–H and O–H groups in total. The van der Waals surface area contributed by atoms with Gasteiger partial charge >= 0.3 is 0 Å². The van der Waals surface area contributed by atoms with Crippen LogP contribution in [-0.4, -0.2) is 13.7 Å². The average molecular weight is 264 g/mol. The molecule has 2 nitrogen and oxygen atoms in total. The van der Waals surface area contributed by atoms with E-state index in [4.69, 9.17) is 0 Å². The van der Waals surface area contributed by atoms with E-state index in [2.05, 4.69) is 13.8 Å². The molecule has 1 aromatic rings. The summed E-state index contributed by atoms with van der Waals surface area (Å²) in [4.78, 5) is 0.433. The fourth-order valence-electron chi connectivity index (χ4n) is 2.22. The molecule has 98 valence electrons. The minimum absolute atomic E-state index is 0.124. The van der Waals surface area contributed by atoms with Crippen LogP contribution in [0.15, 0.2) is 41.3 Å². The van der Waals surface area contributed by atoms with E-state index in [1.807, 2.05) is 31.2 Å². The first-order valence-electron chi connectivity index (χ1n) is 6.31. The summed E-state index contributed by atoms with van der Waals surface area (Å²) in [5.74, 6) is 0. The summed E-state index contributed by atoms with van der Waals surface area (Å²) in [5.41, 5.74) is 1.20. The highest BCUT2D eigenvalue weighted by Crippen LogP contribution is 2.33. The fourth-order valence-corrected chi connectivity index (χ4v) is 3.80. The molecule has 0 saturated heterocycles. The first-order chi connectivity index (χ1) is 8.31. The van der Waals surface area contributed by atoms with Gasteiger partial charge in [-0.3, -0.25) is 0 Å². The van der Waals surface area contributed by atoms with Gasteiger partial charge in [0.1, 0.15) is 0 Å². The lowest BCUT2D eigenvalue weighted by Gasteiger charge is -2.28. The third kappa shape index (κ3) is 2.66. The van der Waals surface area contributed by atoms with E-state index in [-0.39, 0.29) is 10.7 Å². The molecule has 0 fully saturated rings. The van der Waals surface area contributed by atoms with Gasteiger partial charge in [-0.2, -0.15) is 0 Å². The monoisotopic (exact) mass is 264 g/mol. The first kappa shape index (κ1) is 13.3. The Morgan fingerprint density at radius 1 is 1.17 bits per heavy atom. The second kappa shape index (κ2) is 4.54. The summed E-state index contributed by atoms with van der Waals surface area (Å²) in [7, 11) is -3.22. The van der Waals surface area contributed by atoms with Gasteiger partial charge in [-0.05, 0) is 37.3 Å². The van der Waals surface area contributed by atoms with Crippen LogP contribution in [0.5, 0.6) is 0 Å². The Morgan fingerprint density at radius 3 is 2.28 bits per heavy atom. The van der Waals surface area contributed by atoms with Crippen LogP contribution in [0.1, 0.15) is 32.3 Å². The average Bonchev–Trinajstić information content (AvgIpc) is 2.29. The molecule has 0 amide bonds. The summed E-state index contributed by atoms with van der Waals surface area (Å²) in [6.07, 6.45) is 5.52. The SMILES string of the molecule is Cc1ccc(S(=O)(=O)C2C=CC(C)(C)CC2)cc1. The van der Waals surface area contributed by atoms with Crippen molar-refractivity contribution in [3.05, 3.63) is 42.0 Å². The van der Waals surface area contributed by atoms with Crippen molar-refractivity contribution in [2.24, 2.45) is 5.41 Å². The van der Waals surface area contributed by atoms with Crippen molar-refractivity contribution < 1.29 is 8.42 Å². The highest BCUT2D eigenvalue weighted by molar-refractivity contribution is 7.92. The molecule has 1 aromatic carbocycles. The highest BCUT2D eigenvalue weighted by Gasteiger charge is 2.30. The molecule has 1 atom stereocenters. The maximum absolute atomic E-state index is 12.5. The molecule has 0 spiro atoms. The molecule has 3 heteroatoms. The van der Waals surface area contributed by atoms with Crippen LogP contribution >= 0.6 is 0 Å². The van der Waals surface area contributed by atoms with Gasteiger partial charge in [-0.1, -0.05) is 43.7 Å². The Morgan fingerprint density at radius 2 is 1.78 bits per heavy atom. The van der Waals surface area contributed by atoms with Gasteiger partial charge in [0.15, 0.2) is 9.84 Å². The van der Waals surface area contributed by atoms with E-state index in [0.717, 1.165) is 12.0 Å². The Labute approximate surface area is 110 Å². The van der Waals surface area contributed by atoms with Gasteiger partial charge < -0.3 is 0 Å². The predicted molar refractivity (Wildman–Crippen MR) is 74.3 cm³/mol. The quantitative estimate of drug-likeness (QED) is 0.766. The van der Waals surface area contributed by atoms with Gasteiger partial charge in [0.25, 0.3) is 0 Å². The molecule has 0 heterocycles. The van der Waals surface area contributed by atoms with Gasteiger partial charge in [-0.25, -0.2) is 8.42 Å². The van der Waals surface area contributed by atoms with Crippen LogP contribution in [-0.2, 0) is 9.84 Å². The van der Waals surface area contributed by atoms with Crippen molar-refractivity contribution >= 4 is 9.84 Å². The molecule has 18 heavy (non-hydrogen) atoms. The van der Waals surface area contributed by atoms with Crippen molar-refractivity contribution in [2.75, 3.05) is 0 Å². The summed E-state index contributed by atoms with van der Waals surface area (Å²) in [6.45, 7) is 6.23. The maximum atomic E-state index is 12.5. The molecule has 0 bridgehead atoms. The Kier molecular flexibility index (Phi) is 3.37. The number of sulfone groups is 1. The Balaban J connectivity index is 2.30. The van der Waals surface area contributed by atoms with E-state index >= 15 is 0 Å². The maximum Gasteiger partial charge on any atom is 0.184 e. The molecule has 0 saturated carbocycles. The summed E-state index contributed by atoms with van der Waals surface area (Å²) < 4.78 is 24.9. The minimum atomic E-state index is -3.22. The zero-order valence-corrected chi connectivity index (χ0v) is 12.0. The van der Waals surface area contributed by atoms with E-state index in [0.29, 0.717) is 11.3 Å². The van der Waals surface area contributed by atoms with Crippen molar-refractivity contribution in [2.45, 2.75) is 43.8 Å². The van der Waals surface area contributed by atoms with E-state index in [9.17, 15) is 8.42 Å². The standard InChI is InChI=1S/C15H20O2S/c1-12-4-6-13(7-5-12)18(16,17)14-8-10-15(2,3)11-9-14/h4-8,10,14H,9,11H2,1-3H3. The van der Waals surface area contributed by atoms with Crippen molar-refractivity contribution in [1.82, 2.24) is 0 Å². The zero-order chi connectivity index (χ0) is 13.4. The highest BCUT2D eigenvalue weighted by atomic mass is 32.2. The number of hydrogen-bond donors (Lipinski definition) is 0. The number of allylic oxidation sites excluding steroid dienone is 1. The molecule has 1 unspecified atom stereocenters. The molecule has 1 aliphatic rings. The second-order valence-electron chi connectivity index (χ2n) is 5.78. The van der Waals surface area contributed by atoms with Crippen LogP contribution < -0.4 is 0 Å². The topological polar surface area (TPSA) is 34.1 Å². The van der Waals surface area contributed by atoms with Crippen molar-refractivity contribution in [3.8, 4) is 0 Å². The largest absolute Gasteiger partial charge is 0.223 e. The second-order valence-corrected chi connectivity index (χ2v) is 7.95. The third-order valence-corrected chi connectivity index (χ3v) is 5.70. The van der Waals surface area contributed by atoms with Crippen LogP contribution in [0.2, 0.25) is 0 Å². The van der Waals surface area contributed by atoms with Crippen molar-refractivity contribution in [1.29, 1.82) is 0 Å². The number of aryl methyl sites for hydroxylation is 1. The summed E-state index contributed by atoms with van der Waals surface area (Å²) >= 11 is 0. The molecule has 1 aliphatic carbocycles. The molecule has 0 aliphatic heterocycles. The minimum Gasteiger partial charge on any atom is -0.223 e. The summed E-state index contributed by atoms with van der Waals surface area (Å²) in [6, 6.07) is 7.11. The lowest BCUT2D eigenvalue weighted by Crippen LogP contribution is -2.26. The lowest BCUT2D eigenvalue weighted by molar-refractivity contribution is 0.404. The predicted octanol–water partition coefficient (Wildman–Crippen LogP) is 3.51. The molecular formula is C15H20O2S. The number of rotatable bonds is 2. The first-order valence-corrected chi connectivity index (χ1v) is 7.86. The molecule has 0 aromatic heterocycles. The molecular weight excluding hydrogens is 244 g/mol. The van der Waals surface area contributed by atoms with Gasteiger partial charge in [0.2, 0.25) is 0 Å². The Bertz CT molecular complexity index is 551. The van der Waals surface area contributed by atoms with Crippen LogP contribution in [0.3, 0.4) is 0 Å². The van der Waals surface area contributed by atoms with Gasteiger partial charge in [-0.15, -0.1) is 0 Å². The van der Waals surface area contributed by atoms with Crippen LogP contribution in [0.25, 0.3) is 0 Å². The van der Waals surface area contributed by atoms with Crippen LogP contribution in [0.4, 0.5) is 0 Å². The van der Waals surface area contributed by atoms with Gasteiger partial charge in [0.05, 0.1) is 10.1 Å². The normalized spacial score (nSPS) is 22.9. The fraction of sp³-hybridized carbons (Fsp3) is 0.467.